The van der Waals surface area contributed by atoms with Gasteiger partial charge < -0.3 is 5.73 Å². The lowest BCUT2D eigenvalue weighted by molar-refractivity contribution is 0.545. The molecule has 0 aliphatic carbocycles. The number of aryl methyl sites for hydroxylation is 1. The third-order valence-electron chi connectivity index (χ3n) is 3.15. The molecule has 2 rings (SSSR count). The van der Waals surface area contributed by atoms with E-state index in [-0.39, 0.29) is 16.1 Å². The normalized spacial score (nSPS) is 19.8. The summed E-state index contributed by atoms with van der Waals surface area (Å²) in [5, 5.41) is 0. The fraction of sp³-hybridized carbons (Fsp3) is 0.500. The number of halogens is 1. The van der Waals surface area contributed by atoms with E-state index >= 15 is 0 Å². The highest BCUT2D eigenvalue weighted by Gasteiger charge is 2.21. The number of nitrogens with two attached hydrogens (primary N) is 1. The molecule has 0 spiro atoms. The Labute approximate surface area is 117 Å². The highest BCUT2D eigenvalue weighted by atomic mass is 32.2. The van der Waals surface area contributed by atoms with Crippen LogP contribution in [0.5, 0.6) is 0 Å². The Morgan fingerprint density at radius 3 is 2.84 bits per heavy atom. The van der Waals surface area contributed by atoms with Crippen LogP contribution in [0.3, 0.4) is 0 Å². The third kappa shape index (κ3) is 3.40. The van der Waals surface area contributed by atoms with E-state index in [9.17, 15) is 12.8 Å². The number of thioether (sulfide) groups is 1. The van der Waals surface area contributed by atoms with Crippen molar-refractivity contribution in [3.8, 4) is 0 Å². The second-order valence-corrected chi connectivity index (χ2v) is 7.64. The Balaban J connectivity index is 2.14. The van der Waals surface area contributed by atoms with Gasteiger partial charge >= 0.3 is 0 Å². The lowest BCUT2D eigenvalue weighted by Gasteiger charge is -2.12. The lowest BCUT2D eigenvalue weighted by Crippen LogP contribution is -2.29. The van der Waals surface area contributed by atoms with Crippen molar-refractivity contribution in [3.63, 3.8) is 0 Å². The first kappa shape index (κ1) is 14.6. The Bertz CT molecular complexity index is 546. The molecule has 0 bridgehead atoms. The quantitative estimate of drug-likeness (QED) is 0.831. The molecule has 19 heavy (non-hydrogen) atoms. The fourth-order valence-corrected chi connectivity index (χ4v) is 4.49. The van der Waals surface area contributed by atoms with Gasteiger partial charge in [0, 0.05) is 6.54 Å². The summed E-state index contributed by atoms with van der Waals surface area (Å²) in [6.07, 6.45) is 1.03. The van der Waals surface area contributed by atoms with Crippen molar-refractivity contribution >= 4 is 27.5 Å². The maximum Gasteiger partial charge on any atom is 0.240 e. The van der Waals surface area contributed by atoms with Crippen LogP contribution in [0.4, 0.5) is 10.1 Å². The summed E-state index contributed by atoms with van der Waals surface area (Å²) < 4.78 is 40.2. The number of hydrogen-bond acceptors (Lipinski definition) is 4. The lowest BCUT2D eigenvalue weighted by atomic mass is 10.1. The summed E-state index contributed by atoms with van der Waals surface area (Å²) in [5.41, 5.74) is 5.56. The fourth-order valence-electron chi connectivity index (χ4n) is 1.97. The molecule has 0 amide bonds. The van der Waals surface area contributed by atoms with Gasteiger partial charge in [-0.2, -0.15) is 11.8 Å². The van der Waals surface area contributed by atoms with Gasteiger partial charge in [0.1, 0.15) is 5.82 Å². The highest BCUT2D eigenvalue weighted by molar-refractivity contribution is 7.99. The van der Waals surface area contributed by atoms with E-state index in [4.69, 9.17) is 5.73 Å². The molecule has 1 heterocycles. The third-order valence-corrected chi connectivity index (χ3v) is 5.79. The Morgan fingerprint density at radius 1 is 1.53 bits per heavy atom. The van der Waals surface area contributed by atoms with Crippen molar-refractivity contribution in [2.75, 3.05) is 23.8 Å². The Kier molecular flexibility index (Phi) is 4.37. The van der Waals surface area contributed by atoms with Crippen molar-refractivity contribution in [3.05, 3.63) is 23.5 Å². The molecule has 7 heteroatoms. The molecule has 0 radical (unpaired) electrons. The summed E-state index contributed by atoms with van der Waals surface area (Å²) >= 11 is 1.83. The number of benzene rings is 1. The van der Waals surface area contributed by atoms with Crippen LogP contribution in [-0.4, -0.2) is 26.5 Å². The average molecular weight is 304 g/mol. The minimum atomic E-state index is -3.62. The standard InChI is InChI=1S/C12H17FN2O2S2/c1-8-4-10(5-11(14)12(8)13)19(16,17)15-6-9-2-3-18-7-9/h4-5,9,15H,2-3,6-7,14H2,1H3. The van der Waals surface area contributed by atoms with Gasteiger partial charge in [0.15, 0.2) is 0 Å². The molecule has 1 aromatic carbocycles. The highest BCUT2D eigenvalue weighted by Crippen LogP contribution is 2.24. The van der Waals surface area contributed by atoms with Crippen LogP contribution in [0.1, 0.15) is 12.0 Å². The second-order valence-electron chi connectivity index (χ2n) is 4.72. The predicted octanol–water partition coefficient (Wildman–Crippen LogP) is 1.75. The topological polar surface area (TPSA) is 72.2 Å². The van der Waals surface area contributed by atoms with Gasteiger partial charge in [0.05, 0.1) is 10.6 Å². The number of sulfonamides is 1. The van der Waals surface area contributed by atoms with E-state index in [1.54, 1.807) is 0 Å². The van der Waals surface area contributed by atoms with Crippen molar-refractivity contribution in [2.24, 2.45) is 5.92 Å². The van der Waals surface area contributed by atoms with Crippen LogP contribution in [0.25, 0.3) is 0 Å². The molecule has 0 saturated carbocycles. The summed E-state index contributed by atoms with van der Waals surface area (Å²) in [6, 6.07) is 2.46. The molecule has 4 nitrogen and oxygen atoms in total. The molecule has 1 unspecified atom stereocenters. The summed E-state index contributed by atoms with van der Waals surface area (Å²) in [4.78, 5) is 0.0227. The van der Waals surface area contributed by atoms with Crippen molar-refractivity contribution < 1.29 is 12.8 Å². The van der Waals surface area contributed by atoms with E-state index in [1.165, 1.54) is 13.0 Å². The maximum atomic E-state index is 13.4. The zero-order chi connectivity index (χ0) is 14.0. The number of hydrogen-bond donors (Lipinski definition) is 2. The van der Waals surface area contributed by atoms with Gasteiger partial charge in [-0.3, -0.25) is 0 Å². The van der Waals surface area contributed by atoms with Crippen LogP contribution in [-0.2, 0) is 10.0 Å². The molecule has 1 atom stereocenters. The van der Waals surface area contributed by atoms with Crippen LogP contribution in [0.15, 0.2) is 17.0 Å². The van der Waals surface area contributed by atoms with E-state index in [2.05, 4.69) is 4.72 Å². The molecule has 1 aliphatic rings. The van der Waals surface area contributed by atoms with E-state index in [1.807, 2.05) is 11.8 Å². The van der Waals surface area contributed by atoms with Crippen LogP contribution in [0.2, 0.25) is 0 Å². The van der Waals surface area contributed by atoms with Crippen molar-refractivity contribution in [1.82, 2.24) is 4.72 Å². The smallest absolute Gasteiger partial charge is 0.240 e. The van der Waals surface area contributed by atoms with Crippen molar-refractivity contribution in [2.45, 2.75) is 18.2 Å². The van der Waals surface area contributed by atoms with Gasteiger partial charge in [0.25, 0.3) is 0 Å². The largest absolute Gasteiger partial charge is 0.396 e. The van der Waals surface area contributed by atoms with Crippen molar-refractivity contribution in [1.29, 1.82) is 0 Å². The minimum Gasteiger partial charge on any atom is -0.396 e. The summed E-state index contributed by atoms with van der Waals surface area (Å²) in [5.74, 6) is 1.87. The molecule has 3 N–H and O–H groups in total. The molecule has 1 aromatic rings. The van der Waals surface area contributed by atoms with Gasteiger partial charge in [-0.15, -0.1) is 0 Å². The monoisotopic (exact) mass is 304 g/mol. The molecule has 1 aliphatic heterocycles. The Morgan fingerprint density at radius 2 is 2.26 bits per heavy atom. The molecule has 1 fully saturated rings. The first-order valence-corrected chi connectivity index (χ1v) is 8.67. The Hall–Kier alpha value is -0.790. The second kappa shape index (κ2) is 5.68. The zero-order valence-corrected chi connectivity index (χ0v) is 12.3. The zero-order valence-electron chi connectivity index (χ0n) is 10.6. The van der Waals surface area contributed by atoms with Crippen LogP contribution in [0, 0.1) is 18.7 Å². The van der Waals surface area contributed by atoms with Gasteiger partial charge in [-0.25, -0.2) is 17.5 Å². The maximum absolute atomic E-state index is 13.4. The molecule has 1 saturated heterocycles. The first-order chi connectivity index (χ1) is 8.90. The first-order valence-electron chi connectivity index (χ1n) is 6.03. The number of anilines is 1. The van der Waals surface area contributed by atoms with Crippen LogP contribution >= 0.6 is 11.8 Å². The molecular formula is C12H17FN2O2S2. The number of nitrogens with one attached hydrogen (secondary N) is 1. The molecule has 106 valence electrons. The summed E-state index contributed by atoms with van der Waals surface area (Å²) in [7, 11) is -3.62. The summed E-state index contributed by atoms with van der Waals surface area (Å²) in [6.45, 7) is 1.92. The minimum absolute atomic E-state index is 0.0227. The molecular weight excluding hydrogens is 287 g/mol. The number of nitrogen functional groups attached to an aromatic ring is 1. The van der Waals surface area contributed by atoms with Gasteiger partial charge in [-0.1, -0.05) is 0 Å². The van der Waals surface area contributed by atoms with E-state index in [0.717, 1.165) is 24.0 Å². The van der Waals surface area contributed by atoms with Gasteiger partial charge in [0.2, 0.25) is 10.0 Å². The van der Waals surface area contributed by atoms with Crippen LogP contribution < -0.4 is 10.5 Å². The number of rotatable bonds is 4. The predicted molar refractivity (Wildman–Crippen MR) is 76.2 cm³/mol. The SMILES string of the molecule is Cc1cc(S(=O)(=O)NCC2CCSC2)cc(N)c1F. The average Bonchev–Trinajstić information content (AvgIpc) is 2.86. The van der Waals surface area contributed by atoms with E-state index < -0.39 is 15.8 Å². The molecule has 0 aromatic heterocycles. The van der Waals surface area contributed by atoms with E-state index in [0.29, 0.717) is 12.5 Å². The van der Waals surface area contributed by atoms with Gasteiger partial charge in [-0.05, 0) is 48.5 Å².